The number of β-amino-alcohol motifs (C(OH)–C–C–N with tert-alkyl or cyclic N) is 1. The van der Waals surface area contributed by atoms with E-state index in [2.05, 4.69) is 43.0 Å². The van der Waals surface area contributed by atoms with Gasteiger partial charge in [-0.25, -0.2) is 0 Å². The molecule has 0 aromatic rings. The van der Waals surface area contributed by atoms with Crippen LogP contribution in [0.15, 0.2) is 0 Å². The van der Waals surface area contributed by atoms with E-state index in [9.17, 15) is 10.2 Å². The molecule has 1 saturated heterocycles. The molecule has 1 heterocycles. The van der Waals surface area contributed by atoms with Crippen LogP contribution in [0, 0.1) is 0 Å². The third-order valence-electron chi connectivity index (χ3n) is 5.84. The minimum absolute atomic E-state index is 0.344. The average Bonchev–Trinajstić information content (AvgIpc) is 2.68. The van der Waals surface area contributed by atoms with Crippen LogP contribution >= 0.6 is 0 Å². The van der Waals surface area contributed by atoms with Gasteiger partial charge in [-0.05, 0) is 64.6 Å². The maximum Gasteiger partial charge on any atom is 0.173 e. The SMILES string of the molecule is CCC(O)COCCC[Si](C)(C)O[Si](C)(C)CCCOCC(O)CN1CCN(C)CC1. The lowest BCUT2D eigenvalue weighted by molar-refractivity contribution is 0.00899. The van der Waals surface area contributed by atoms with E-state index in [1.807, 2.05) is 6.92 Å². The summed E-state index contributed by atoms with van der Waals surface area (Å²) in [6.07, 6.45) is 1.97. The summed E-state index contributed by atoms with van der Waals surface area (Å²) in [5.41, 5.74) is 0. The largest absolute Gasteiger partial charge is 0.455 e. The van der Waals surface area contributed by atoms with E-state index in [1.54, 1.807) is 0 Å². The molecule has 0 aromatic carbocycles. The van der Waals surface area contributed by atoms with Gasteiger partial charge < -0.3 is 28.7 Å². The Labute approximate surface area is 193 Å². The molecule has 0 spiro atoms. The zero-order chi connectivity index (χ0) is 23.3. The maximum absolute atomic E-state index is 10.2. The summed E-state index contributed by atoms with van der Waals surface area (Å²) in [7, 11) is -1.29. The summed E-state index contributed by atoms with van der Waals surface area (Å²) < 4.78 is 18.0. The molecule has 31 heavy (non-hydrogen) atoms. The molecule has 7 nitrogen and oxygen atoms in total. The highest BCUT2D eigenvalue weighted by molar-refractivity contribution is 6.84. The van der Waals surface area contributed by atoms with Gasteiger partial charge in [-0.15, -0.1) is 0 Å². The van der Waals surface area contributed by atoms with E-state index in [0.29, 0.717) is 33.0 Å². The average molecular weight is 479 g/mol. The molecule has 1 fully saturated rings. The normalized spacial score (nSPS) is 19.0. The molecule has 2 atom stereocenters. The highest BCUT2D eigenvalue weighted by Crippen LogP contribution is 2.23. The Morgan fingerprint density at radius 3 is 1.77 bits per heavy atom. The van der Waals surface area contributed by atoms with E-state index in [4.69, 9.17) is 13.6 Å². The molecular weight excluding hydrogens is 428 g/mol. The quantitative estimate of drug-likeness (QED) is 0.246. The van der Waals surface area contributed by atoms with Gasteiger partial charge in [0.05, 0.1) is 25.4 Å². The van der Waals surface area contributed by atoms with Gasteiger partial charge in [-0.1, -0.05) is 6.92 Å². The topological polar surface area (TPSA) is 74.6 Å². The molecule has 0 aliphatic carbocycles. The van der Waals surface area contributed by atoms with E-state index in [1.165, 1.54) is 0 Å². The summed E-state index contributed by atoms with van der Waals surface area (Å²) in [6.45, 7) is 18.3. The van der Waals surface area contributed by atoms with Crippen molar-refractivity contribution in [1.29, 1.82) is 0 Å². The second-order valence-electron chi connectivity index (χ2n) is 10.3. The second kappa shape index (κ2) is 15.1. The molecule has 1 rings (SSSR count). The monoisotopic (exact) mass is 478 g/mol. The van der Waals surface area contributed by atoms with Gasteiger partial charge in [0.1, 0.15) is 0 Å². The van der Waals surface area contributed by atoms with Gasteiger partial charge >= 0.3 is 0 Å². The van der Waals surface area contributed by atoms with Crippen LogP contribution in [-0.4, -0.2) is 115 Å². The highest BCUT2D eigenvalue weighted by Gasteiger charge is 2.32. The molecule has 1 aliphatic heterocycles. The zero-order valence-corrected chi connectivity index (χ0v) is 23.1. The Balaban J connectivity index is 2.12. The number of rotatable bonds is 17. The Hall–Kier alpha value is 0.154. The van der Waals surface area contributed by atoms with Gasteiger partial charge in [0.2, 0.25) is 0 Å². The van der Waals surface area contributed by atoms with Crippen molar-refractivity contribution in [3.8, 4) is 0 Å². The number of piperazine rings is 1. The van der Waals surface area contributed by atoms with Crippen molar-refractivity contribution >= 4 is 16.6 Å². The maximum atomic E-state index is 10.2. The van der Waals surface area contributed by atoms with Crippen molar-refractivity contribution in [2.24, 2.45) is 0 Å². The van der Waals surface area contributed by atoms with Crippen molar-refractivity contribution in [2.45, 2.75) is 76.7 Å². The molecule has 2 N–H and O–H groups in total. The molecule has 0 saturated carbocycles. The Morgan fingerprint density at radius 2 is 1.29 bits per heavy atom. The van der Waals surface area contributed by atoms with Crippen molar-refractivity contribution in [2.75, 3.05) is 66.2 Å². The first-order valence-corrected chi connectivity index (χ1v) is 18.4. The summed E-state index contributed by atoms with van der Waals surface area (Å²) in [4.78, 5) is 4.64. The van der Waals surface area contributed by atoms with Crippen molar-refractivity contribution < 1.29 is 23.8 Å². The van der Waals surface area contributed by atoms with Crippen LogP contribution in [0.3, 0.4) is 0 Å². The summed E-state index contributed by atoms with van der Waals surface area (Å²) in [5.74, 6) is 0. The second-order valence-corrected chi connectivity index (χ2v) is 19.2. The van der Waals surface area contributed by atoms with E-state index < -0.39 is 22.7 Å². The number of aliphatic hydroxyl groups is 2. The smallest absolute Gasteiger partial charge is 0.173 e. The Morgan fingerprint density at radius 1 is 0.806 bits per heavy atom. The molecular formula is C22H50N2O5Si2. The molecule has 0 radical (unpaired) electrons. The van der Waals surface area contributed by atoms with Crippen LogP contribution in [0.4, 0.5) is 0 Å². The van der Waals surface area contributed by atoms with Crippen LogP contribution in [-0.2, 0) is 13.6 Å². The standard InChI is InChI=1S/C22H50N2O5Si2/c1-7-21(25)19-27-14-8-16-30(3,4)29-31(5,6)17-9-15-28-20-22(26)18-24-12-10-23(2)11-13-24/h21-22,25-26H,7-20H2,1-6H3. The van der Waals surface area contributed by atoms with Gasteiger partial charge in [0, 0.05) is 45.9 Å². The fourth-order valence-corrected chi connectivity index (χ4v) is 12.8. The van der Waals surface area contributed by atoms with Crippen molar-refractivity contribution in [1.82, 2.24) is 9.80 Å². The molecule has 0 bridgehead atoms. The van der Waals surface area contributed by atoms with Crippen LogP contribution < -0.4 is 0 Å². The number of hydrogen-bond donors (Lipinski definition) is 2. The predicted octanol–water partition coefficient (Wildman–Crippen LogP) is 2.61. The third-order valence-corrected chi connectivity index (χ3v) is 13.4. The Kier molecular flexibility index (Phi) is 14.2. The van der Waals surface area contributed by atoms with Crippen molar-refractivity contribution in [3.63, 3.8) is 0 Å². The lowest BCUT2D eigenvalue weighted by Crippen LogP contribution is -2.47. The highest BCUT2D eigenvalue weighted by atomic mass is 28.4. The number of nitrogens with zero attached hydrogens (tertiary/aromatic N) is 2. The van der Waals surface area contributed by atoms with Crippen molar-refractivity contribution in [3.05, 3.63) is 0 Å². The number of aliphatic hydroxyl groups excluding tert-OH is 2. The lowest BCUT2D eigenvalue weighted by Gasteiger charge is -2.34. The van der Waals surface area contributed by atoms with Gasteiger partial charge in [0.25, 0.3) is 0 Å². The fraction of sp³-hybridized carbons (Fsp3) is 1.00. The number of ether oxygens (including phenoxy) is 2. The first kappa shape index (κ1) is 29.2. The molecule has 9 heteroatoms. The van der Waals surface area contributed by atoms with E-state index >= 15 is 0 Å². The van der Waals surface area contributed by atoms with Gasteiger partial charge in [0.15, 0.2) is 16.6 Å². The predicted molar refractivity (Wildman–Crippen MR) is 133 cm³/mol. The summed E-state index contributed by atoms with van der Waals surface area (Å²) >= 11 is 0. The molecule has 0 aromatic heterocycles. The van der Waals surface area contributed by atoms with Crippen LogP contribution in [0.5, 0.6) is 0 Å². The third kappa shape index (κ3) is 14.8. The molecule has 0 amide bonds. The Bertz CT molecular complexity index is 463. The van der Waals surface area contributed by atoms with Crippen LogP contribution in [0.1, 0.15) is 26.2 Å². The number of likely N-dealkylation sites (N-methyl/N-ethyl adjacent to an activating group) is 1. The van der Waals surface area contributed by atoms with E-state index in [-0.39, 0.29) is 6.10 Å². The summed E-state index contributed by atoms with van der Waals surface area (Å²) in [5, 5.41) is 19.8. The molecule has 1 aliphatic rings. The minimum Gasteiger partial charge on any atom is -0.455 e. The molecule has 186 valence electrons. The van der Waals surface area contributed by atoms with Crippen LogP contribution in [0.25, 0.3) is 0 Å². The fourth-order valence-electron chi connectivity index (χ4n) is 3.99. The zero-order valence-electron chi connectivity index (χ0n) is 21.1. The van der Waals surface area contributed by atoms with Crippen LogP contribution in [0.2, 0.25) is 38.3 Å². The van der Waals surface area contributed by atoms with Gasteiger partial charge in [-0.2, -0.15) is 0 Å². The minimum atomic E-state index is -1.72. The first-order valence-electron chi connectivity index (χ1n) is 12.2. The lowest BCUT2D eigenvalue weighted by atomic mass is 10.3. The first-order chi connectivity index (χ1) is 14.5. The molecule has 2 unspecified atom stereocenters. The number of hydrogen-bond acceptors (Lipinski definition) is 7. The van der Waals surface area contributed by atoms with E-state index in [0.717, 1.165) is 57.5 Å². The van der Waals surface area contributed by atoms with Gasteiger partial charge in [-0.3, -0.25) is 4.90 Å². The summed E-state index contributed by atoms with van der Waals surface area (Å²) in [6, 6.07) is 2.16.